The van der Waals surface area contributed by atoms with Crippen molar-refractivity contribution in [1.82, 2.24) is 5.32 Å². The van der Waals surface area contributed by atoms with Gasteiger partial charge in [-0.25, -0.2) is 9.18 Å². The first kappa shape index (κ1) is 16.2. The molecule has 20 heavy (non-hydrogen) atoms. The number of hydrogen-bond acceptors (Lipinski definition) is 4. The van der Waals surface area contributed by atoms with Gasteiger partial charge in [-0.15, -0.1) is 0 Å². The maximum Gasteiger partial charge on any atom is 0.407 e. The fourth-order valence-electron chi connectivity index (χ4n) is 1.64. The van der Waals surface area contributed by atoms with Crippen LogP contribution in [0.1, 0.15) is 32.3 Å². The second-order valence-electron chi connectivity index (χ2n) is 5.53. The first-order valence-corrected chi connectivity index (χ1v) is 6.38. The number of phenols is 1. The number of phenolic OH excluding ortho intramolecular Hbond substituents is 1. The average molecular weight is 284 g/mol. The zero-order valence-electron chi connectivity index (χ0n) is 11.9. The molecule has 1 amide bonds. The summed E-state index contributed by atoms with van der Waals surface area (Å²) in [4.78, 5) is 11.5. The summed E-state index contributed by atoms with van der Waals surface area (Å²) in [6.45, 7) is 5.77. The minimum Gasteiger partial charge on any atom is -0.505 e. The molecule has 0 fully saturated rings. The van der Waals surface area contributed by atoms with E-state index in [0.29, 0.717) is 5.56 Å². The summed E-state index contributed by atoms with van der Waals surface area (Å²) in [5, 5.41) is 11.7. The van der Waals surface area contributed by atoms with Crippen molar-refractivity contribution >= 4 is 6.09 Å². The number of nitrogens with two attached hydrogens (primary N) is 1. The Kier molecular flexibility index (Phi) is 5.33. The molecule has 1 rings (SSSR count). The third-order valence-electron chi connectivity index (χ3n) is 2.62. The molecule has 0 spiro atoms. The number of ether oxygens (including phenoxy) is 1. The SMILES string of the molecule is CC(C)(C)OC(=O)NCC(CN)c1ccc(O)c(F)c1. The van der Waals surface area contributed by atoms with Crippen molar-refractivity contribution in [2.24, 2.45) is 5.73 Å². The Bertz CT molecular complexity index is 472. The third-order valence-corrected chi connectivity index (χ3v) is 2.62. The average Bonchev–Trinajstić information content (AvgIpc) is 2.32. The summed E-state index contributed by atoms with van der Waals surface area (Å²) >= 11 is 0. The highest BCUT2D eigenvalue weighted by Crippen LogP contribution is 2.21. The van der Waals surface area contributed by atoms with Crippen LogP contribution >= 0.6 is 0 Å². The van der Waals surface area contributed by atoms with Crippen LogP contribution < -0.4 is 11.1 Å². The van der Waals surface area contributed by atoms with Gasteiger partial charge in [0.25, 0.3) is 0 Å². The van der Waals surface area contributed by atoms with Crippen molar-refractivity contribution in [3.05, 3.63) is 29.6 Å². The molecule has 0 aliphatic heterocycles. The number of nitrogens with one attached hydrogen (secondary N) is 1. The van der Waals surface area contributed by atoms with E-state index in [4.69, 9.17) is 15.6 Å². The van der Waals surface area contributed by atoms with Gasteiger partial charge in [-0.3, -0.25) is 0 Å². The Labute approximate surface area is 117 Å². The van der Waals surface area contributed by atoms with Gasteiger partial charge in [0, 0.05) is 19.0 Å². The van der Waals surface area contributed by atoms with Crippen LogP contribution in [-0.4, -0.2) is 29.9 Å². The van der Waals surface area contributed by atoms with Crippen LogP contribution in [0.15, 0.2) is 18.2 Å². The van der Waals surface area contributed by atoms with Crippen LogP contribution in [0.4, 0.5) is 9.18 Å². The molecule has 0 aliphatic carbocycles. The number of rotatable bonds is 4. The lowest BCUT2D eigenvalue weighted by atomic mass is 9.99. The van der Waals surface area contributed by atoms with Gasteiger partial charge in [0.2, 0.25) is 0 Å². The first-order valence-electron chi connectivity index (χ1n) is 6.38. The Morgan fingerprint density at radius 3 is 2.65 bits per heavy atom. The Hall–Kier alpha value is -1.82. The molecule has 4 N–H and O–H groups in total. The van der Waals surface area contributed by atoms with Gasteiger partial charge in [-0.2, -0.15) is 0 Å². The summed E-state index contributed by atoms with van der Waals surface area (Å²) in [5.74, 6) is -1.37. The lowest BCUT2D eigenvalue weighted by Gasteiger charge is -2.21. The van der Waals surface area contributed by atoms with Crippen LogP contribution in [0.5, 0.6) is 5.75 Å². The van der Waals surface area contributed by atoms with Gasteiger partial charge in [0.1, 0.15) is 5.60 Å². The second kappa shape index (κ2) is 6.56. The summed E-state index contributed by atoms with van der Waals surface area (Å²) < 4.78 is 18.4. The van der Waals surface area contributed by atoms with E-state index in [1.54, 1.807) is 26.8 Å². The van der Waals surface area contributed by atoms with Crippen LogP contribution in [0.3, 0.4) is 0 Å². The van der Waals surface area contributed by atoms with Crippen molar-refractivity contribution in [3.63, 3.8) is 0 Å². The van der Waals surface area contributed by atoms with Crippen molar-refractivity contribution in [1.29, 1.82) is 0 Å². The van der Waals surface area contributed by atoms with E-state index in [2.05, 4.69) is 5.32 Å². The number of hydrogen-bond donors (Lipinski definition) is 3. The van der Waals surface area contributed by atoms with Crippen molar-refractivity contribution in [2.75, 3.05) is 13.1 Å². The Morgan fingerprint density at radius 1 is 1.50 bits per heavy atom. The summed E-state index contributed by atoms with van der Waals surface area (Å²) in [6, 6.07) is 4.05. The van der Waals surface area contributed by atoms with Crippen LogP contribution in [0, 0.1) is 5.82 Å². The Balaban J connectivity index is 2.63. The molecule has 1 atom stereocenters. The quantitative estimate of drug-likeness (QED) is 0.790. The minimum atomic E-state index is -0.710. The fourth-order valence-corrected chi connectivity index (χ4v) is 1.64. The van der Waals surface area contributed by atoms with Gasteiger partial charge in [0.15, 0.2) is 11.6 Å². The predicted octanol–water partition coefficient (Wildman–Crippen LogP) is 2.10. The molecule has 0 aromatic heterocycles. The second-order valence-corrected chi connectivity index (χ2v) is 5.53. The number of amides is 1. The lowest BCUT2D eigenvalue weighted by Crippen LogP contribution is -2.36. The summed E-state index contributed by atoms with van der Waals surface area (Å²) in [5.41, 5.74) is 5.66. The third kappa shape index (κ3) is 5.05. The molecule has 0 saturated carbocycles. The monoisotopic (exact) mass is 284 g/mol. The highest BCUT2D eigenvalue weighted by atomic mass is 19.1. The predicted molar refractivity (Wildman–Crippen MR) is 74.1 cm³/mol. The number of carbonyl (C=O) groups excluding carboxylic acids is 1. The topological polar surface area (TPSA) is 84.6 Å². The summed E-state index contributed by atoms with van der Waals surface area (Å²) in [6.07, 6.45) is -0.546. The first-order chi connectivity index (χ1) is 9.23. The van der Waals surface area contributed by atoms with Gasteiger partial charge >= 0.3 is 6.09 Å². The zero-order valence-corrected chi connectivity index (χ0v) is 11.9. The van der Waals surface area contributed by atoms with E-state index in [-0.39, 0.29) is 19.0 Å². The molecule has 1 aromatic rings. The normalized spacial score (nSPS) is 12.8. The van der Waals surface area contributed by atoms with Crippen LogP contribution in [0.2, 0.25) is 0 Å². The highest BCUT2D eigenvalue weighted by Gasteiger charge is 2.18. The van der Waals surface area contributed by atoms with Crippen LogP contribution in [-0.2, 0) is 4.74 Å². The standard InChI is InChI=1S/C14H21FN2O3/c1-14(2,3)20-13(19)17-8-10(7-16)9-4-5-12(18)11(15)6-9/h4-6,10,18H,7-8,16H2,1-3H3,(H,17,19). The fraction of sp³-hybridized carbons (Fsp3) is 0.500. The smallest absolute Gasteiger partial charge is 0.407 e. The summed E-state index contributed by atoms with van der Waals surface area (Å²) in [7, 11) is 0. The van der Waals surface area contributed by atoms with Gasteiger partial charge < -0.3 is 20.9 Å². The maximum absolute atomic E-state index is 13.3. The van der Waals surface area contributed by atoms with Gasteiger partial charge in [-0.05, 0) is 38.5 Å². The molecule has 6 heteroatoms. The number of alkyl carbamates (subject to hydrolysis) is 1. The minimum absolute atomic E-state index is 0.232. The highest BCUT2D eigenvalue weighted by molar-refractivity contribution is 5.67. The lowest BCUT2D eigenvalue weighted by molar-refractivity contribution is 0.0525. The van der Waals surface area contributed by atoms with E-state index >= 15 is 0 Å². The van der Waals surface area contributed by atoms with E-state index in [0.717, 1.165) is 0 Å². The zero-order chi connectivity index (χ0) is 15.3. The maximum atomic E-state index is 13.3. The number of aromatic hydroxyl groups is 1. The molecule has 1 aromatic carbocycles. The molecule has 5 nitrogen and oxygen atoms in total. The number of benzene rings is 1. The molecule has 0 radical (unpaired) electrons. The van der Waals surface area contributed by atoms with Crippen LogP contribution in [0.25, 0.3) is 0 Å². The number of halogens is 1. The van der Waals surface area contributed by atoms with Crippen molar-refractivity contribution in [2.45, 2.75) is 32.3 Å². The molecular weight excluding hydrogens is 263 g/mol. The van der Waals surface area contributed by atoms with Crippen molar-refractivity contribution < 1.29 is 19.0 Å². The van der Waals surface area contributed by atoms with Gasteiger partial charge in [-0.1, -0.05) is 6.07 Å². The Morgan fingerprint density at radius 2 is 2.15 bits per heavy atom. The largest absolute Gasteiger partial charge is 0.505 e. The van der Waals surface area contributed by atoms with Gasteiger partial charge in [0.05, 0.1) is 0 Å². The van der Waals surface area contributed by atoms with E-state index in [1.807, 2.05) is 0 Å². The molecule has 0 bridgehead atoms. The molecule has 112 valence electrons. The van der Waals surface area contributed by atoms with E-state index in [1.165, 1.54) is 12.1 Å². The van der Waals surface area contributed by atoms with E-state index in [9.17, 15) is 9.18 Å². The molecule has 1 unspecified atom stereocenters. The molecule has 0 saturated heterocycles. The molecule has 0 aliphatic rings. The van der Waals surface area contributed by atoms with Crippen molar-refractivity contribution in [3.8, 4) is 5.75 Å². The van der Waals surface area contributed by atoms with E-state index < -0.39 is 23.3 Å². The molecular formula is C14H21FN2O3. The molecule has 0 heterocycles. The number of carbonyl (C=O) groups is 1.